The number of nitrogens with zero attached hydrogens (tertiary/aromatic N) is 4. The van der Waals surface area contributed by atoms with Gasteiger partial charge >= 0.3 is 5.69 Å². The van der Waals surface area contributed by atoms with Crippen molar-refractivity contribution in [1.29, 1.82) is 0 Å². The first kappa shape index (κ1) is 21.9. The maximum Gasteiger partial charge on any atom is 0.332 e. The van der Waals surface area contributed by atoms with Crippen LogP contribution in [0.5, 0.6) is 0 Å². The Morgan fingerprint density at radius 3 is 2.33 bits per heavy atom. The number of amides is 1. The van der Waals surface area contributed by atoms with Crippen LogP contribution in [0.25, 0.3) is 11.2 Å². The van der Waals surface area contributed by atoms with Crippen molar-refractivity contribution in [3.05, 3.63) is 56.2 Å². The third-order valence-electron chi connectivity index (χ3n) is 4.62. The molecular formula is C21H27N5O3S. The van der Waals surface area contributed by atoms with Gasteiger partial charge in [-0.1, -0.05) is 41.6 Å². The van der Waals surface area contributed by atoms with Gasteiger partial charge in [0.15, 0.2) is 16.3 Å². The highest BCUT2D eigenvalue weighted by molar-refractivity contribution is 7.99. The second-order valence-electron chi connectivity index (χ2n) is 8.43. The Kier molecular flexibility index (Phi) is 5.94. The van der Waals surface area contributed by atoms with Crippen molar-refractivity contribution in [2.45, 2.75) is 44.9 Å². The van der Waals surface area contributed by atoms with Crippen LogP contribution in [0.3, 0.4) is 0 Å². The highest BCUT2D eigenvalue weighted by Crippen LogP contribution is 2.23. The van der Waals surface area contributed by atoms with Crippen LogP contribution in [0, 0.1) is 6.92 Å². The largest absolute Gasteiger partial charge is 0.351 e. The van der Waals surface area contributed by atoms with Gasteiger partial charge in [-0.3, -0.25) is 18.7 Å². The molecule has 1 aromatic carbocycles. The van der Waals surface area contributed by atoms with Crippen molar-refractivity contribution in [3.8, 4) is 0 Å². The summed E-state index contributed by atoms with van der Waals surface area (Å²) in [7, 11) is 3.05. The van der Waals surface area contributed by atoms with Crippen LogP contribution in [-0.2, 0) is 25.4 Å². The topological polar surface area (TPSA) is 90.9 Å². The van der Waals surface area contributed by atoms with E-state index in [1.807, 2.05) is 52.0 Å². The van der Waals surface area contributed by atoms with Crippen LogP contribution in [0.2, 0.25) is 0 Å². The predicted molar refractivity (Wildman–Crippen MR) is 119 cm³/mol. The molecule has 0 saturated carbocycles. The van der Waals surface area contributed by atoms with Crippen molar-refractivity contribution in [2.24, 2.45) is 14.1 Å². The van der Waals surface area contributed by atoms with Gasteiger partial charge in [0.1, 0.15) is 0 Å². The minimum absolute atomic E-state index is 0.122. The molecule has 3 rings (SSSR count). The third-order valence-corrected chi connectivity index (χ3v) is 5.60. The molecule has 160 valence electrons. The van der Waals surface area contributed by atoms with Crippen molar-refractivity contribution < 1.29 is 4.79 Å². The first-order valence-electron chi connectivity index (χ1n) is 9.63. The maximum atomic E-state index is 12.9. The second-order valence-corrected chi connectivity index (χ2v) is 9.37. The van der Waals surface area contributed by atoms with Gasteiger partial charge < -0.3 is 9.88 Å². The zero-order valence-electron chi connectivity index (χ0n) is 18.1. The molecule has 30 heavy (non-hydrogen) atoms. The van der Waals surface area contributed by atoms with Crippen molar-refractivity contribution >= 4 is 28.8 Å². The predicted octanol–water partition coefficient (Wildman–Crippen LogP) is 1.80. The number of aryl methyl sites for hydroxylation is 2. The zero-order valence-corrected chi connectivity index (χ0v) is 19.0. The summed E-state index contributed by atoms with van der Waals surface area (Å²) in [6, 6.07) is 8.00. The number of benzene rings is 1. The van der Waals surface area contributed by atoms with Crippen molar-refractivity contribution in [3.63, 3.8) is 0 Å². The molecule has 0 unspecified atom stereocenters. The molecule has 0 fully saturated rings. The Morgan fingerprint density at radius 1 is 1.10 bits per heavy atom. The monoisotopic (exact) mass is 429 g/mol. The summed E-state index contributed by atoms with van der Waals surface area (Å²) in [5.74, 6) is 0.0335. The molecule has 1 amide bonds. The Morgan fingerprint density at radius 2 is 1.73 bits per heavy atom. The van der Waals surface area contributed by atoms with Crippen LogP contribution in [-0.4, -0.2) is 35.9 Å². The maximum absolute atomic E-state index is 12.9. The van der Waals surface area contributed by atoms with Gasteiger partial charge in [-0.15, -0.1) is 0 Å². The molecule has 8 nitrogen and oxygen atoms in total. The Hall–Kier alpha value is -2.81. The van der Waals surface area contributed by atoms with Gasteiger partial charge in [0.2, 0.25) is 5.91 Å². The Balaban J connectivity index is 2.08. The molecule has 2 aromatic heterocycles. The first-order chi connectivity index (χ1) is 14.0. The SMILES string of the molecule is Cc1ccc(Cn2c(SCC(=O)NC(C)(C)C)nc3c2c(=O)n(C)c(=O)n3C)cc1. The van der Waals surface area contributed by atoms with E-state index >= 15 is 0 Å². The number of imidazole rings is 1. The molecule has 2 heterocycles. The summed E-state index contributed by atoms with van der Waals surface area (Å²) in [6.45, 7) is 8.18. The number of carbonyl (C=O) groups is 1. The first-order valence-corrected chi connectivity index (χ1v) is 10.6. The van der Waals surface area contributed by atoms with E-state index in [0.717, 1.165) is 15.7 Å². The number of rotatable bonds is 5. The number of fused-ring (bicyclic) bond motifs is 1. The van der Waals surface area contributed by atoms with E-state index in [1.54, 1.807) is 11.6 Å². The fourth-order valence-corrected chi connectivity index (χ4v) is 3.94. The van der Waals surface area contributed by atoms with Crippen LogP contribution in [0.1, 0.15) is 31.9 Å². The van der Waals surface area contributed by atoms with Crippen LogP contribution in [0.4, 0.5) is 0 Å². The molecule has 0 saturated heterocycles. The summed E-state index contributed by atoms with van der Waals surface area (Å²) < 4.78 is 4.23. The standard InChI is InChI=1S/C21H27N5O3S/c1-13-7-9-14(10-8-13)11-26-16-17(24(5)20(29)25(6)18(16)28)22-19(26)30-12-15(27)23-21(2,3)4/h7-10H,11-12H2,1-6H3,(H,23,27). The zero-order chi connectivity index (χ0) is 22.2. The van der Waals surface area contributed by atoms with Gasteiger partial charge in [0, 0.05) is 19.6 Å². The summed E-state index contributed by atoms with van der Waals surface area (Å²) >= 11 is 1.25. The minimum atomic E-state index is -0.436. The lowest BCUT2D eigenvalue weighted by Crippen LogP contribution is -2.41. The smallest absolute Gasteiger partial charge is 0.332 e. The van der Waals surface area contributed by atoms with Gasteiger partial charge in [0.05, 0.1) is 12.3 Å². The summed E-state index contributed by atoms with van der Waals surface area (Å²) in [5, 5.41) is 3.44. The van der Waals surface area contributed by atoms with E-state index < -0.39 is 11.2 Å². The Labute approximate surface area is 178 Å². The van der Waals surface area contributed by atoms with Gasteiger partial charge in [-0.05, 0) is 33.3 Å². The fourth-order valence-electron chi connectivity index (χ4n) is 3.14. The van der Waals surface area contributed by atoms with Gasteiger partial charge in [0.25, 0.3) is 5.56 Å². The molecule has 0 aliphatic heterocycles. The number of aromatic nitrogens is 4. The quantitative estimate of drug-likeness (QED) is 0.625. The molecular weight excluding hydrogens is 402 g/mol. The molecule has 1 N–H and O–H groups in total. The molecule has 0 radical (unpaired) electrons. The van der Waals surface area contributed by atoms with Gasteiger partial charge in [-0.2, -0.15) is 0 Å². The molecule has 0 spiro atoms. The van der Waals surface area contributed by atoms with E-state index in [4.69, 9.17) is 0 Å². The average molecular weight is 430 g/mol. The van der Waals surface area contributed by atoms with E-state index in [1.165, 1.54) is 23.4 Å². The lowest BCUT2D eigenvalue weighted by molar-refractivity contribution is -0.119. The molecule has 0 aliphatic carbocycles. The lowest BCUT2D eigenvalue weighted by atomic mass is 10.1. The fraction of sp³-hybridized carbons (Fsp3) is 0.429. The minimum Gasteiger partial charge on any atom is -0.351 e. The summed E-state index contributed by atoms with van der Waals surface area (Å²) in [5.41, 5.74) is 1.62. The van der Waals surface area contributed by atoms with Crippen LogP contribution >= 0.6 is 11.8 Å². The summed E-state index contributed by atoms with van der Waals surface area (Å²) in [6.07, 6.45) is 0. The molecule has 9 heteroatoms. The highest BCUT2D eigenvalue weighted by Gasteiger charge is 2.21. The van der Waals surface area contributed by atoms with E-state index in [-0.39, 0.29) is 17.2 Å². The van der Waals surface area contributed by atoms with Gasteiger partial charge in [-0.25, -0.2) is 9.78 Å². The normalized spacial score (nSPS) is 11.8. The second kappa shape index (κ2) is 8.14. The van der Waals surface area contributed by atoms with Crippen molar-refractivity contribution in [2.75, 3.05) is 5.75 Å². The highest BCUT2D eigenvalue weighted by atomic mass is 32.2. The number of nitrogens with one attached hydrogen (secondary N) is 1. The Bertz CT molecular complexity index is 1210. The number of carbonyl (C=O) groups excluding carboxylic acids is 1. The van der Waals surface area contributed by atoms with E-state index in [0.29, 0.717) is 22.9 Å². The lowest BCUT2D eigenvalue weighted by Gasteiger charge is -2.20. The molecule has 3 aromatic rings. The third kappa shape index (κ3) is 4.51. The molecule has 0 atom stereocenters. The molecule has 0 bridgehead atoms. The van der Waals surface area contributed by atoms with E-state index in [9.17, 15) is 14.4 Å². The van der Waals surface area contributed by atoms with Crippen LogP contribution in [0.15, 0.2) is 39.0 Å². The van der Waals surface area contributed by atoms with E-state index in [2.05, 4.69) is 10.3 Å². The van der Waals surface area contributed by atoms with Crippen molar-refractivity contribution in [1.82, 2.24) is 24.0 Å². The molecule has 0 aliphatic rings. The number of hydrogen-bond donors (Lipinski definition) is 1. The average Bonchev–Trinajstić information content (AvgIpc) is 3.02. The number of hydrogen-bond acceptors (Lipinski definition) is 5. The summed E-state index contributed by atoms with van der Waals surface area (Å²) in [4.78, 5) is 42.1. The van der Waals surface area contributed by atoms with Crippen LogP contribution < -0.4 is 16.6 Å². The number of thioether (sulfide) groups is 1.